The van der Waals surface area contributed by atoms with Crippen molar-refractivity contribution in [3.05, 3.63) is 94.1 Å². The van der Waals surface area contributed by atoms with Gasteiger partial charge in [0.15, 0.2) is 0 Å². The van der Waals surface area contributed by atoms with Crippen molar-refractivity contribution < 1.29 is 23.9 Å². The molecule has 1 aliphatic heterocycles. The number of carbonyl (C=O) groups excluding carboxylic acids is 3. The van der Waals surface area contributed by atoms with Gasteiger partial charge in [-0.25, -0.2) is 9.69 Å². The van der Waals surface area contributed by atoms with Crippen molar-refractivity contribution in [1.82, 2.24) is 0 Å². The number of halogens is 2. The molecule has 1 aliphatic rings. The highest BCUT2D eigenvalue weighted by Crippen LogP contribution is 2.31. The lowest BCUT2D eigenvalue weighted by Crippen LogP contribution is -2.32. The number of anilines is 2. The second-order valence-corrected chi connectivity index (χ2v) is 7.87. The van der Waals surface area contributed by atoms with E-state index >= 15 is 0 Å². The van der Waals surface area contributed by atoms with E-state index in [1.807, 2.05) is 6.92 Å². The Hall–Kier alpha value is -3.81. The van der Waals surface area contributed by atoms with Gasteiger partial charge in [0.25, 0.3) is 11.8 Å². The fourth-order valence-electron chi connectivity index (χ4n) is 3.22. The minimum Gasteiger partial charge on any atom is -0.494 e. The standard InChI is InChI=1S/C25H18Cl2N2O5/c1-2-33-18-13-11-17(12-14-18)29-23(30)21(27)22(24(29)31)28-16-9-7-15(8-10-16)25(32)34-20-6-4-3-5-19(20)26/h3-14,28H,2H2,1H3. The van der Waals surface area contributed by atoms with Crippen molar-refractivity contribution in [3.63, 3.8) is 0 Å². The number of imide groups is 1. The molecule has 0 spiro atoms. The highest BCUT2D eigenvalue weighted by atomic mass is 35.5. The van der Waals surface area contributed by atoms with Crippen molar-refractivity contribution in [1.29, 1.82) is 0 Å². The van der Waals surface area contributed by atoms with Crippen molar-refractivity contribution in [2.45, 2.75) is 6.92 Å². The van der Waals surface area contributed by atoms with Gasteiger partial charge in [-0.05, 0) is 67.6 Å². The Balaban J connectivity index is 1.47. The zero-order chi connectivity index (χ0) is 24.2. The van der Waals surface area contributed by atoms with Gasteiger partial charge in [-0.1, -0.05) is 35.3 Å². The molecule has 0 fully saturated rings. The molecule has 2 amide bonds. The lowest BCUT2D eigenvalue weighted by atomic mass is 10.2. The molecule has 0 aliphatic carbocycles. The Morgan fingerprint density at radius 2 is 1.59 bits per heavy atom. The van der Waals surface area contributed by atoms with Gasteiger partial charge in [0, 0.05) is 5.69 Å². The Labute approximate surface area is 205 Å². The summed E-state index contributed by atoms with van der Waals surface area (Å²) < 4.78 is 10.7. The first-order chi connectivity index (χ1) is 16.4. The van der Waals surface area contributed by atoms with Crippen molar-refractivity contribution in [2.75, 3.05) is 16.8 Å². The van der Waals surface area contributed by atoms with Gasteiger partial charge in [0.1, 0.15) is 22.2 Å². The van der Waals surface area contributed by atoms with E-state index in [-0.39, 0.29) is 22.0 Å². The average Bonchev–Trinajstić information content (AvgIpc) is 3.05. The van der Waals surface area contributed by atoms with Crippen LogP contribution in [0.5, 0.6) is 11.5 Å². The van der Waals surface area contributed by atoms with Gasteiger partial charge < -0.3 is 14.8 Å². The molecule has 0 saturated heterocycles. The molecule has 7 nitrogen and oxygen atoms in total. The van der Waals surface area contributed by atoms with E-state index in [1.54, 1.807) is 60.7 Å². The fraction of sp³-hybridized carbons (Fsp3) is 0.0800. The number of amides is 2. The van der Waals surface area contributed by atoms with Gasteiger partial charge in [-0.15, -0.1) is 0 Å². The molecular formula is C25H18Cl2N2O5. The monoisotopic (exact) mass is 496 g/mol. The molecule has 0 unspecified atom stereocenters. The van der Waals surface area contributed by atoms with Crippen molar-refractivity contribution in [3.8, 4) is 11.5 Å². The quantitative estimate of drug-likeness (QED) is 0.268. The minimum absolute atomic E-state index is 0.0630. The van der Waals surface area contributed by atoms with Crippen LogP contribution in [0.4, 0.5) is 11.4 Å². The number of hydrogen-bond donors (Lipinski definition) is 1. The molecule has 3 aromatic carbocycles. The number of nitrogens with zero attached hydrogens (tertiary/aromatic N) is 1. The molecule has 172 valence electrons. The summed E-state index contributed by atoms with van der Waals surface area (Å²) in [6, 6.07) is 19.3. The number of benzene rings is 3. The zero-order valence-corrected chi connectivity index (χ0v) is 19.4. The number of hydrogen-bond acceptors (Lipinski definition) is 6. The first-order valence-electron chi connectivity index (χ1n) is 10.2. The van der Waals surface area contributed by atoms with Crippen molar-refractivity contribution in [2.24, 2.45) is 0 Å². The van der Waals surface area contributed by atoms with Crippen LogP contribution in [0.15, 0.2) is 83.5 Å². The third kappa shape index (κ3) is 4.76. The smallest absolute Gasteiger partial charge is 0.343 e. The Morgan fingerprint density at radius 1 is 0.912 bits per heavy atom. The summed E-state index contributed by atoms with van der Waals surface area (Å²) in [6.45, 7) is 2.36. The Bertz CT molecular complexity index is 1290. The molecular weight excluding hydrogens is 479 g/mol. The van der Waals surface area contributed by atoms with E-state index in [2.05, 4.69) is 5.32 Å². The summed E-state index contributed by atoms with van der Waals surface area (Å²) in [6.07, 6.45) is 0. The predicted molar refractivity (Wildman–Crippen MR) is 129 cm³/mol. The lowest BCUT2D eigenvalue weighted by molar-refractivity contribution is -0.120. The summed E-state index contributed by atoms with van der Waals surface area (Å²) in [7, 11) is 0. The maximum absolute atomic E-state index is 12.9. The molecule has 1 heterocycles. The molecule has 4 rings (SSSR count). The Kier molecular flexibility index (Phi) is 6.86. The van der Waals surface area contributed by atoms with Crippen LogP contribution in [0.25, 0.3) is 0 Å². The molecule has 0 saturated carbocycles. The normalized spacial score (nSPS) is 13.3. The van der Waals surface area contributed by atoms with E-state index in [9.17, 15) is 14.4 Å². The van der Waals surface area contributed by atoms with Crippen LogP contribution >= 0.6 is 23.2 Å². The predicted octanol–water partition coefficient (Wildman–Crippen LogP) is 5.39. The number of ether oxygens (including phenoxy) is 2. The number of esters is 1. The van der Waals surface area contributed by atoms with Crippen LogP contribution in [0, 0.1) is 0 Å². The zero-order valence-electron chi connectivity index (χ0n) is 17.9. The molecule has 9 heteroatoms. The fourth-order valence-corrected chi connectivity index (χ4v) is 3.61. The summed E-state index contributed by atoms with van der Waals surface area (Å²) in [5, 5.41) is 2.95. The van der Waals surface area contributed by atoms with Crippen molar-refractivity contribution >= 4 is 52.4 Å². The summed E-state index contributed by atoms with van der Waals surface area (Å²) in [5.41, 5.74) is 1.03. The second kappa shape index (κ2) is 9.99. The molecule has 0 aromatic heterocycles. The first-order valence-corrected chi connectivity index (χ1v) is 11.0. The maximum atomic E-state index is 12.9. The van der Waals surface area contributed by atoms with Crippen LogP contribution in [0.3, 0.4) is 0 Å². The van der Waals surface area contributed by atoms with E-state index < -0.39 is 17.8 Å². The van der Waals surface area contributed by atoms with Crippen LogP contribution in [-0.4, -0.2) is 24.4 Å². The topological polar surface area (TPSA) is 84.9 Å². The third-order valence-electron chi connectivity index (χ3n) is 4.86. The number of carbonyl (C=O) groups is 3. The van der Waals surface area contributed by atoms with Crippen LogP contribution in [0.1, 0.15) is 17.3 Å². The van der Waals surface area contributed by atoms with Crippen LogP contribution in [0.2, 0.25) is 5.02 Å². The summed E-state index contributed by atoms with van der Waals surface area (Å²) in [5.74, 6) is -0.959. The molecule has 3 aromatic rings. The minimum atomic E-state index is -0.640. The highest BCUT2D eigenvalue weighted by molar-refractivity contribution is 6.53. The van der Waals surface area contributed by atoms with Gasteiger partial charge in [0.05, 0.1) is 22.9 Å². The third-order valence-corrected chi connectivity index (χ3v) is 5.53. The SMILES string of the molecule is CCOc1ccc(N2C(=O)C(Cl)=C(Nc3ccc(C(=O)Oc4ccccc4Cl)cc3)C2=O)cc1. The molecule has 0 radical (unpaired) electrons. The lowest BCUT2D eigenvalue weighted by Gasteiger charge is -2.15. The van der Waals surface area contributed by atoms with Gasteiger partial charge in [-0.2, -0.15) is 0 Å². The average molecular weight is 497 g/mol. The van der Waals surface area contributed by atoms with Gasteiger partial charge in [0.2, 0.25) is 0 Å². The molecule has 34 heavy (non-hydrogen) atoms. The van der Waals surface area contributed by atoms with E-state index in [1.165, 1.54) is 12.1 Å². The van der Waals surface area contributed by atoms with Crippen LogP contribution in [-0.2, 0) is 9.59 Å². The number of para-hydroxylation sites is 1. The first kappa shape index (κ1) is 23.4. The molecule has 1 N–H and O–H groups in total. The summed E-state index contributed by atoms with van der Waals surface area (Å²) >= 11 is 12.2. The largest absolute Gasteiger partial charge is 0.494 e. The number of rotatable bonds is 7. The van der Waals surface area contributed by atoms with E-state index in [0.717, 1.165) is 4.90 Å². The second-order valence-electron chi connectivity index (χ2n) is 7.08. The molecule has 0 bridgehead atoms. The van der Waals surface area contributed by atoms with E-state index in [0.29, 0.717) is 28.8 Å². The van der Waals surface area contributed by atoms with E-state index in [4.69, 9.17) is 32.7 Å². The number of nitrogens with one attached hydrogen (secondary N) is 1. The van der Waals surface area contributed by atoms with Gasteiger partial charge in [-0.3, -0.25) is 9.59 Å². The van der Waals surface area contributed by atoms with Crippen LogP contribution < -0.4 is 19.7 Å². The Morgan fingerprint density at radius 3 is 2.24 bits per heavy atom. The maximum Gasteiger partial charge on any atom is 0.343 e. The summed E-state index contributed by atoms with van der Waals surface area (Å²) in [4.78, 5) is 38.9. The molecule has 0 atom stereocenters. The van der Waals surface area contributed by atoms with Gasteiger partial charge >= 0.3 is 5.97 Å². The highest BCUT2D eigenvalue weighted by Gasteiger charge is 2.39.